The number of aliphatic hydroxyl groups excluding tert-OH is 2. The van der Waals surface area contributed by atoms with Crippen LogP contribution in [0.15, 0.2) is 65.1 Å². The van der Waals surface area contributed by atoms with Crippen LogP contribution >= 0.6 is 0 Å². The van der Waals surface area contributed by atoms with E-state index in [0.717, 1.165) is 16.3 Å². The molecule has 0 amide bonds. The number of allylic oxidation sites excluding steroid dienone is 4. The van der Waals surface area contributed by atoms with Gasteiger partial charge in [-0.3, -0.25) is 9.59 Å². The second-order valence-corrected chi connectivity index (χ2v) is 10.6. The predicted octanol–water partition coefficient (Wildman–Crippen LogP) is 6.33. The van der Waals surface area contributed by atoms with Gasteiger partial charge in [0.2, 0.25) is 0 Å². The number of rotatable bonds is 3. The normalized spacial score (nSPS) is 21.3. The molecule has 0 fully saturated rings. The number of carbonyl (C=O) groups is 2. The molecule has 0 bridgehead atoms. The molecule has 0 saturated heterocycles. The van der Waals surface area contributed by atoms with Crippen LogP contribution in [0.25, 0.3) is 10.8 Å². The minimum absolute atomic E-state index is 0.0253. The fourth-order valence-electron chi connectivity index (χ4n) is 5.12. The van der Waals surface area contributed by atoms with Crippen molar-refractivity contribution in [3.8, 4) is 0 Å². The monoisotopic (exact) mass is 418 g/mol. The molecule has 2 aliphatic carbocycles. The average Bonchev–Trinajstić information content (AvgIpc) is 2.63. The largest absolute Gasteiger partial charge is 0.512 e. The number of benzene rings is 2. The molecule has 0 atom stereocenters. The van der Waals surface area contributed by atoms with Gasteiger partial charge in [0.05, 0.1) is 0 Å². The van der Waals surface area contributed by atoms with Crippen LogP contribution in [0.1, 0.15) is 64.9 Å². The van der Waals surface area contributed by atoms with Gasteiger partial charge in [0.15, 0.2) is 11.6 Å². The Balaban J connectivity index is 1.95. The number of hydrogen-bond donors (Lipinski definition) is 2. The molecule has 2 aliphatic rings. The zero-order valence-electron chi connectivity index (χ0n) is 18.7. The Morgan fingerprint density at radius 2 is 1.19 bits per heavy atom. The topological polar surface area (TPSA) is 74.6 Å². The fraction of sp³-hybridized carbons (Fsp3) is 0.407. The highest BCUT2D eigenvalue weighted by molar-refractivity contribution is 6.05. The molecule has 4 rings (SSSR count). The lowest BCUT2D eigenvalue weighted by atomic mass is 9.67. The van der Waals surface area contributed by atoms with E-state index in [4.69, 9.17) is 0 Å². The van der Waals surface area contributed by atoms with Gasteiger partial charge in [-0.25, -0.2) is 0 Å². The minimum atomic E-state index is -0.767. The van der Waals surface area contributed by atoms with Crippen LogP contribution in [0.4, 0.5) is 0 Å². The highest BCUT2D eigenvalue weighted by Crippen LogP contribution is 2.48. The van der Waals surface area contributed by atoms with Gasteiger partial charge in [-0.1, -0.05) is 70.2 Å². The van der Waals surface area contributed by atoms with Crippen molar-refractivity contribution in [1.82, 2.24) is 0 Å². The van der Waals surface area contributed by atoms with Crippen LogP contribution in [0.3, 0.4) is 0 Å². The van der Waals surface area contributed by atoms with Crippen molar-refractivity contribution in [1.29, 1.82) is 0 Å². The van der Waals surface area contributed by atoms with Crippen LogP contribution in [-0.4, -0.2) is 21.8 Å². The number of carbonyl (C=O) groups excluding carboxylic acids is 2. The van der Waals surface area contributed by atoms with Gasteiger partial charge < -0.3 is 10.2 Å². The standard InChI is InChI=1S/C27H30O4/c1-26(2)12-19(28)24(20(29)13-26)23(25-21(30)14-27(3,4)15-22(25)31)18-10-9-16-7-5-6-8-17(16)11-18/h5-11,23,28,30H,12-15H2,1-4H3. The molecule has 0 spiro atoms. The summed E-state index contributed by atoms with van der Waals surface area (Å²) in [5.41, 5.74) is 0.567. The Morgan fingerprint density at radius 1 is 0.710 bits per heavy atom. The molecular weight excluding hydrogens is 388 g/mol. The van der Waals surface area contributed by atoms with Gasteiger partial charge >= 0.3 is 0 Å². The first kappa shape index (κ1) is 21.4. The predicted molar refractivity (Wildman–Crippen MR) is 122 cm³/mol. The highest BCUT2D eigenvalue weighted by atomic mass is 16.3. The molecule has 31 heavy (non-hydrogen) atoms. The maximum absolute atomic E-state index is 13.2. The molecule has 0 saturated carbocycles. The maximum atomic E-state index is 13.2. The second-order valence-electron chi connectivity index (χ2n) is 10.6. The fourth-order valence-corrected chi connectivity index (χ4v) is 5.12. The smallest absolute Gasteiger partial charge is 0.163 e. The third kappa shape index (κ3) is 4.04. The van der Waals surface area contributed by atoms with E-state index in [2.05, 4.69) is 0 Å². The summed E-state index contributed by atoms with van der Waals surface area (Å²) in [6.45, 7) is 7.81. The molecule has 0 aromatic heterocycles. The lowest BCUT2D eigenvalue weighted by Gasteiger charge is -2.36. The van der Waals surface area contributed by atoms with Gasteiger partial charge in [0.1, 0.15) is 11.5 Å². The van der Waals surface area contributed by atoms with E-state index in [1.807, 2.05) is 70.2 Å². The van der Waals surface area contributed by atoms with E-state index < -0.39 is 5.92 Å². The van der Waals surface area contributed by atoms with E-state index in [9.17, 15) is 19.8 Å². The number of hydrogen-bond acceptors (Lipinski definition) is 4. The summed E-state index contributed by atoms with van der Waals surface area (Å²) in [7, 11) is 0. The van der Waals surface area contributed by atoms with Crippen molar-refractivity contribution in [3.05, 3.63) is 70.7 Å². The lowest BCUT2D eigenvalue weighted by molar-refractivity contribution is -0.119. The molecule has 0 unspecified atom stereocenters. The van der Waals surface area contributed by atoms with Crippen molar-refractivity contribution in [3.63, 3.8) is 0 Å². The quantitative estimate of drug-likeness (QED) is 0.611. The van der Waals surface area contributed by atoms with Crippen LogP contribution in [0.2, 0.25) is 0 Å². The summed E-state index contributed by atoms with van der Waals surface area (Å²) in [6.07, 6.45) is 1.33. The number of aliphatic hydroxyl groups is 2. The van der Waals surface area contributed by atoms with E-state index >= 15 is 0 Å². The molecule has 4 nitrogen and oxygen atoms in total. The summed E-state index contributed by atoms with van der Waals surface area (Å²) in [5.74, 6) is -1.04. The summed E-state index contributed by atoms with van der Waals surface area (Å²) in [6, 6.07) is 13.7. The minimum Gasteiger partial charge on any atom is -0.512 e. The first-order valence-electron chi connectivity index (χ1n) is 10.9. The van der Waals surface area contributed by atoms with Crippen molar-refractivity contribution < 1.29 is 19.8 Å². The average molecular weight is 419 g/mol. The second kappa shape index (κ2) is 7.37. The molecule has 4 heteroatoms. The molecule has 2 aromatic carbocycles. The third-order valence-corrected chi connectivity index (χ3v) is 6.48. The number of Topliss-reactive ketones (excluding diaryl/α,β-unsaturated/α-hetero) is 2. The first-order valence-corrected chi connectivity index (χ1v) is 10.9. The van der Waals surface area contributed by atoms with E-state index in [0.29, 0.717) is 25.7 Å². The van der Waals surface area contributed by atoms with E-state index in [-0.39, 0.29) is 45.1 Å². The lowest BCUT2D eigenvalue weighted by Crippen LogP contribution is -2.33. The van der Waals surface area contributed by atoms with Crippen LogP contribution in [-0.2, 0) is 9.59 Å². The summed E-state index contributed by atoms with van der Waals surface area (Å²) in [4.78, 5) is 26.5. The van der Waals surface area contributed by atoms with Crippen molar-refractivity contribution in [2.75, 3.05) is 0 Å². The Labute approximate surface area is 183 Å². The van der Waals surface area contributed by atoms with Crippen LogP contribution < -0.4 is 0 Å². The van der Waals surface area contributed by atoms with E-state index in [1.165, 1.54) is 0 Å². The molecule has 0 radical (unpaired) electrons. The molecule has 0 heterocycles. The number of ketones is 2. The van der Waals surface area contributed by atoms with Gasteiger partial charge in [-0.2, -0.15) is 0 Å². The summed E-state index contributed by atoms with van der Waals surface area (Å²) >= 11 is 0. The summed E-state index contributed by atoms with van der Waals surface area (Å²) in [5, 5.41) is 24.0. The molecular formula is C27H30O4. The van der Waals surface area contributed by atoms with Crippen LogP contribution in [0.5, 0.6) is 0 Å². The Kier molecular flexibility index (Phi) is 5.07. The van der Waals surface area contributed by atoms with Crippen molar-refractivity contribution in [2.45, 2.75) is 59.3 Å². The summed E-state index contributed by atoms with van der Waals surface area (Å²) < 4.78 is 0. The van der Waals surface area contributed by atoms with Gasteiger partial charge in [0.25, 0.3) is 0 Å². The molecule has 162 valence electrons. The number of fused-ring (bicyclic) bond motifs is 1. The SMILES string of the molecule is CC1(C)CC(=O)C(C(C2=C(O)CC(C)(C)CC2=O)c2ccc3ccccc3c2)=C(O)C1. The van der Waals surface area contributed by atoms with Gasteiger partial charge in [-0.05, 0) is 27.2 Å². The zero-order valence-corrected chi connectivity index (χ0v) is 18.7. The highest BCUT2D eigenvalue weighted by Gasteiger charge is 2.43. The molecule has 2 N–H and O–H groups in total. The maximum Gasteiger partial charge on any atom is 0.163 e. The first-order chi connectivity index (χ1) is 14.5. The van der Waals surface area contributed by atoms with Gasteiger partial charge in [0, 0.05) is 42.7 Å². The zero-order chi connectivity index (χ0) is 22.6. The van der Waals surface area contributed by atoms with Gasteiger partial charge in [-0.15, -0.1) is 0 Å². The Hall–Kier alpha value is -2.88. The van der Waals surface area contributed by atoms with Crippen molar-refractivity contribution >= 4 is 22.3 Å². The van der Waals surface area contributed by atoms with E-state index in [1.54, 1.807) is 0 Å². The molecule has 0 aliphatic heterocycles. The van der Waals surface area contributed by atoms with Crippen LogP contribution in [0, 0.1) is 10.8 Å². The Bertz CT molecular complexity index is 1090. The Morgan fingerprint density at radius 3 is 1.68 bits per heavy atom. The molecule has 2 aromatic rings. The van der Waals surface area contributed by atoms with Crippen molar-refractivity contribution in [2.24, 2.45) is 10.8 Å². The third-order valence-electron chi connectivity index (χ3n) is 6.48.